The third kappa shape index (κ3) is 3.92. The lowest BCUT2D eigenvalue weighted by Gasteiger charge is -2.27. The van der Waals surface area contributed by atoms with Gasteiger partial charge in [0.1, 0.15) is 11.7 Å². The number of anilines is 1. The van der Waals surface area contributed by atoms with E-state index in [1.807, 2.05) is 0 Å². The molecule has 1 amide bonds. The molecule has 4 rings (SSSR count). The summed E-state index contributed by atoms with van der Waals surface area (Å²) in [6.07, 6.45) is -2.55. The van der Waals surface area contributed by atoms with E-state index < -0.39 is 30.5 Å². The first kappa shape index (κ1) is 19.7. The first-order chi connectivity index (χ1) is 13.5. The molecule has 2 fully saturated rings. The molecule has 0 unspecified atom stereocenters. The fourth-order valence-corrected chi connectivity index (χ4v) is 3.57. The largest absolute Gasteiger partial charge is 0.573 e. The van der Waals surface area contributed by atoms with Gasteiger partial charge in [-0.2, -0.15) is 5.10 Å². The minimum Gasteiger partial charge on any atom is -0.406 e. The summed E-state index contributed by atoms with van der Waals surface area (Å²) in [4.78, 5) is 12.1. The number of aromatic nitrogens is 2. The maximum Gasteiger partial charge on any atom is 0.573 e. The van der Waals surface area contributed by atoms with Crippen molar-refractivity contribution < 1.29 is 31.5 Å². The summed E-state index contributed by atoms with van der Waals surface area (Å²) in [5.74, 6) is -5.12. The summed E-state index contributed by atoms with van der Waals surface area (Å²) in [5, 5.41) is 6.82. The molecular formula is C19H18F5N3O2. The number of amides is 1. The SMILES string of the molecule is Cn1nc(NC(=O)[C@H]2CC2(F)F)c(C2CCC2)c1-c1ccc(OC(F)(F)F)cc1. The van der Waals surface area contributed by atoms with Gasteiger partial charge in [0.2, 0.25) is 5.91 Å². The molecule has 0 bridgehead atoms. The van der Waals surface area contributed by atoms with Crippen LogP contribution in [0, 0.1) is 5.92 Å². The second-order valence-electron chi connectivity index (χ2n) is 7.44. The Labute approximate surface area is 162 Å². The number of hydrogen-bond acceptors (Lipinski definition) is 3. The number of benzene rings is 1. The molecule has 1 aromatic heterocycles. The number of alkyl halides is 5. The molecule has 1 aromatic carbocycles. The Balaban J connectivity index is 1.64. The van der Waals surface area contributed by atoms with Crippen LogP contribution in [-0.2, 0) is 11.8 Å². The molecule has 156 valence electrons. The average molecular weight is 415 g/mol. The van der Waals surface area contributed by atoms with Crippen molar-refractivity contribution >= 4 is 11.7 Å². The van der Waals surface area contributed by atoms with Gasteiger partial charge in [0, 0.05) is 24.6 Å². The molecule has 29 heavy (non-hydrogen) atoms. The Morgan fingerprint density at radius 1 is 1.24 bits per heavy atom. The Kier molecular flexibility index (Phi) is 4.54. The van der Waals surface area contributed by atoms with Crippen LogP contribution in [0.1, 0.15) is 37.2 Å². The fourth-order valence-electron chi connectivity index (χ4n) is 3.57. The average Bonchev–Trinajstić information content (AvgIpc) is 3.09. The van der Waals surface area contributed by atoms with Crippen LogP contribution in [0.2, 0.25) is 0 Å². The molecule has 5 nitrogen and oxygen atoms in total. The second kappa shape index (κ2) is 6.70. The van der Waals surface area contributed by atoms with Crippen LogP contribution in [0.15, 0.2) is 24.3 Å². The van der Waals surface area contributed by atoms with E-state index in [1.165, 1.54) is 28.9 Å². The quantitative estimate of drug-likeness (QED) is 0.711. The minimum atomic E-state index is -4.78. The van der Waals surface area contributed by atoms with Crippen molar-refractivity contribution in [2.75, 3.05) is 5.32 Å². The van der Waals surface area contributed by atoms with E-state index in [4.69, 9.17) is 0 Å². The van der Waals surface area contributed by atoms with E-state index in [2.05, 4.69) is 15.2 Å². The van der Waals surface area contributed by atoms with Gasteiger partial charge in [0.05, 0.1) is 5.69 Å². The smallest absolute Gasteiger partial charge is 0.406 e. The Hall–Kier alpha value is -2.65. The first-order valence-corrected chi connectivity index (χ1v) is 9.17. The van der Waals surface area contributed by atoms with Gasteiger partial charge in [-0.1, -0.05) is 6.42 Å². The zero-order valence-corrected chi connectivity index (χ0v) is 15.4. The number of halogens is 5. The maximum atomic E-state index is 13.2. The van der Waals surface area contributed by atoms with Crippen LogP contribution < -0.4 is 10.1 Å². The summed E-state index contributed by atoms with van der Waals surface area (Å²) in [6, 6.07) is 5.34. The van der Waals surface area contributed by atoms with Crippen molar-refractivity contribution in [2.24, 2.45) is 13.0 Å². The van der Waals surface area contributed by atoms with E-state index in [9.17, 15) is 26.7 Å². The monoisotopic (exact) mass is 415 g/mol. The van der Waals surface area contributed by atoms with Crippen LogP contribution in [-0.4, -0.2) is 28.0 Å². The number of nitrogens with one attached hydrogen (secondary N) is 1. The standard InChI is InChI=1S/C19H18F5N3O2/c1-27-15(11-5-7-12(8-6-11)29-19(22,23)24)14(10-3-2-4-10)16(26-27)25-17(28)13-9-18(13,20)21/h5-8,10,13H,2-4,9H2,1H3,(H,25,26,28)/t13-/m1/s1. The molecular weight excluding hydrogens is 397 g/mol. The Bertz CT molecular complexity index is 933. The minimum absolute atomic E-state index is 0.0971. The number of hydrogen-bond donors (Lipinski definition) is 1. The highest BCUT2D eigenvalue weighted by Crippen LogP contribution is 2.50. The van der Waals surface area contributed by atoms with Crippen molar-refractivity contribution in [2.45, 2.75) is 43.9 Å². The molecule has 2 saturated carbocycles. The Morgan fingerprint density at radius 3 is 2.34 bits per heavy atom. The zero-order valence-electron chi connectivity index (χ0n) is 15.4. The third-order valence-corrected chi connectivity index (χ3v) is 5.34. The molecule has 1 heterocycles. The molecule has 2 aliphatic carbocycles. The van der Waals surface area contributed by atoms with Crippen molar-refractivity contribution in [3.05, 3.63) is 29.8 Å². The number of carbonyl (C=O) groups excluding carboxylic acids is 1. The predicted octanol–water partition coefficient (Wildman–Crippen LogP) is 4.85. The van der Waals surface area contributed by atoms with Gasteiger partial charge >= 0.3 is 6.36 Å². The summed E-state index contributed by atoms with van der Waals surface area (Å²) >= 11 is 0. The molecule has 0 radical (unpaired) electrons. The summed E-state index contributed by atoms with van der Waals surface area (Å²) in [6.45, 7) is 0. The fraction of sp³-hybridized carbons (Fsp3) is 0.474. The second-order valence-corrected chi connectivity index (χ2v) is 7.44. The van der Waals surface area contributed by atoms with Gasteiger partial charge in [0.25, 0.3) is 5.92 Å². The third-order valence-electron chi connectivity index (χ3n) is 5.34. The summed E-state index contributed by atoms with van der Waals surface area (Å²) < 4.78 is 68.9. The van der Waals surface area contributed by atoms with Crippen molar-refractivity contribution in [1.29, 1.82) is 0 Å². The highest BCUT2D eigenvalue weighted by molar-refractivity contribution is 5.96. The van der Waals surface area contributed by atoms with Crippen LogP contribution in [0.4, 0.5) is 27.8 Å². The first-order valence-electron chi connectivity index (χ1n) is 9.17. The van der Waals surface area contributed by atoms with Crippen LogP contribution in [0.25, 0.3) is 11.3 Å². The molecule has 2 aliphatic rings. The maximum absolute atomic E-state index is 13.2. The zero-order chi connectivity index (χ0) is 21.0. The Morgan fingerprint density at radius 2 is 1.86 bits per heavy atom. The lowest BCUT2D eigenvalue weighted by molar-refractivity contribution is -0.274. The number of ether oxygens (including phenoxy) is 1. The topological polar surface area (TPSA) is 56.2 Å². The van der Waals surface area contributed by atoms with Crippen LogP contribution in [0.5, 0.6) is 5.75 Å². The van der Waals surface area contributed by atoms with Gasteiger partial charge < -0.3 is 10.1 Å². The van der Waals surface area contributed by atoms with E-state index in [-0.39, 0.29) is 17.5 Å². The van der Waals surface area contributed by atoms with Gasteiger partial charge in [-0.05, 0) is 43.0 Å². The molecule has 1 atom stereocenters. The van der Waals surface area contributed by atoms with E-state index in [1.54, 1.807) is 7.05 Å². The van der Waals surface area contributed by atoms with E-state index in [0.717, 1.165) is 24.8 Å². The van der Waals surface area contributed by atoms with Gasteiger partial charge in [0.15, 0.2) is 5.82 Å². The molecule has 0 spiro atoms. The van der Waals surface area contributed by atoms with Gasteiger partial charge in [-0.15, -0.1) is 13.2 Å². The summed E-state index contributed by atoms with van der Waals surface area (Å²) in [5.41, 5.74) is 1.94. The molecule has 10 heteroatoms. The van der Waals surface area contributed by atoms with Crippen molar-refractivity contribution in [1.82, 2.24) is 9.78 Å². The van der Waals surface area contributed by atoms with Crippen molar-refractivity contribution in [3.8, 4) is 17.0 Å². The molecule has 1 N–H and O–H groups in total. The molecule has 0 saturated heterocycles. The molecule has 0 aliphatic heterocycles. The lowest BCUT2D eigenvalue weighted by Crippen LogP contribution is -2.20. The lowest BCUT2D eigenvalue weighted by atomic mass is 9.79. The van der Waals surface area contributed by atoms with Gasteiger partial charge in [-0.3, -0.25) is 9.48 Å². The highest BCUT2D eigenvalue weighted by Gasteiger charge is 2.61. The normalized spacial score (nSPS) is 20.8. The highest BCUT2D eigenvalue weighted by atomic mass is 19.4. The number of nitrogens with zero attached hydrogens (tertiary/aromatic N) is 2. The molecule has 2 aromatic rings. The van der Waals surface area contributed by atoms with Crippen LogP contribution >= 0.6 is 0 Å². The predicted molar refractivity (Wildman–Crippen MR) is 93.6 cm³/mol. The van der Waals surface area contributed by atoms with Crippen molar-refractivity contribution in [3.63, 3.8) is 0 Å². The summed E-state index contributed by atoms with van der Waals surface area (Å²) in [7, 11) is 1.64. The van der Waals surface area contributed by atoms with Crippen LogP contribution in [0.3, 0.4) is 0 Å². The number of rotatable bonds is 5. The van der Waals surface area contributed by atoms with E-state index in [0.29, 0.717) is 11.3 Å². The number of aryl methyl sites for hydroxylation is 1. The number of carbonyl (C=O) groups is 1. The van der Waals surface area contributed by atoms with E-state index >= 15 is 0 Å². The van der Waals surface area contributed by atoms with Gasteiger partial charge in [-0.25, -0.2) is 8.78 Å².